The molecule has 1 saturated heterocycles. The summed E-state index contributed by atoms with van der Waals surface area (Å²) in [6.45, 7) is 6.45. The van der Waals surface area contributed by atoms with E-state index in [1.807, 2.05) is 12.1 Å². The molecule has 0 bridgehead atoms. The molecule has 0 aliphatic carbocycles. The highest BCUT2D eigenvalue weighted by Crippen LogP contribution is 2.27. The second-order valence-electron chi connectivity index (χ2n) is 4.96. The quantitative estimate of drug-likeness (QED) is 0.932. The number of nitrogens with zero attached hydrogens (tertiary/aromatic N) is 2. The highest BCUT2D eigenvalue weighted by atomic mass is 32.1. The summed E-state index contributed by atoms with van der Waals surface area (Å²) in [6.07, 6.45) is 0. The molecule has 1 N–H and O–H groups in total. The molecule has 0 radical (unpaired) electrons. The van der Waals surface area contributed by atoms with Crippen molar-refractivity contribution in [1.29, 1.82) is 0 Å². The van der Waals surface area contributed by atoms with Crippen molar-refractivity contribution < 1.29 is 4.74 Å². The molecule has 102 valence electrons. The molecule has 1 atom stereocenters. The van der Waals surface area contributed by atoms with Crippen molar-refractivity contribution in [1.82, 2.24) is 15.2 Å². The number of nitrogens with one attached hydrogen (secondary N) is 1. The Labute approximate surface area is 117 Å². The molecular weight excluding hydrogens is 258 g/mol. The molecule has 1 aromatic heterocycles. The summed E-state index contributed by atoms with van der Waals surface area (Å²) in [6, 6.07) is 6.65. The summed E-state index contributed by atoms with van der Waals surface area (Å²) in [5.74, 6) is 0.901. The molecule has 3 rings (SSSR count). The molecule has 5 heteroatoms. The number of aromatic nitrogens is 1. The van der Waals surface area contributed by atoms with Gasteiger partial charge in [-0.3, -0.25) is 4.90 Å². The number of ether oxygens (including phenoxy) is 1. The predicted octanol–water partition coefficient (Wildman–Crippen LogP) is 2.10. The monoisotopic (exact) mass is 277 g/mol. The van der Waals surface area contributed by atoms with E-state index in [-0.39, 0.29) is 0 Å². The number of piperazine rings is 1. The molecule has 0 saturated carbocycles. The van der Waals surface area contributed by atoms with Crippen LogP contribution in [0.1, 0.15) is 11.9 Å². The molecule has 4 nitrogen and oxygen atoms in total. The predicted molar refractivity (Wildman–Crippen MR) is 78.9 cm³/mol. The molecular formula is C14H19N3OS. The zero-order valence-corrected chi connectivity index (χ0v) is 12.2. The standard InChI is InChI=1S/C14H19N3OS/c1-10-8-15-5-6-17(10)9-14-16-12-4-3-11(18-2)7-13(12)19-14/h3-4,7,10,15H,5-6,8-9H2,1-2H3. The molecule has 0 spiro atoms. The Hall–Kier alpha value is -1.17. The first-order valence-electron chi connectivity index (χ1n) is 6.64. The molecule has 2 aromatic rings. The topological polar surface area (TPSA) is 37.4 Å². The second kappa shape index (κ2) is 5.45. The number of hydrogen-bond donors (Lipinski definition) is 1. The first-order valence-corrected chi connectivity index (χ1v) is 7.46. The van der Waals surface area contributed by atoms with E-state index in [0.29, 0.717) is 6.04 Å². The van der Waals surface area contributed by atoms with E-state index >= 15 is 0 Å². The van der Waals surface area contributed by atoms with Gasteiger partial charge in [-0.2, -0.15) is 0 Å². The highest BCUT2D eigenvalue weighted by molar-refractivity contribution is 7.18. The van der Waals surface area contributed by atoms with Crippen LogP contribution in [0, 0.1) is 0 Å². The summed E-state index contributed by atoms with van der Waals surface area (Å²) < 4.78 is 6.46. The van der Waals surface area contributed by atoms with Crippen LogP contribution in [0.4, 0.5) is 0 Å². The van der Waals surface area contributed by atoms with E-state index in [1.54, 1.807) is 18.4 Å². The first kappa shape index (κ1) is 12.8. The molecule has 1 unspecified atom stereocenters. The minimum Gasteiger partial charge on any atom is -0.497 e. The van der Waals surface area contributed by atoms with Crippen LogP contribution < -0.4 is 10.1 Å². The molecule has 1 aliphatic heterocycles. The number of hydrogen-bond acceptors (Lipinski definition) is 5. The lowest BCUT2D eigenvalue weighted by atomic mass is 10.2. The molecule has 0 amide bonds. The third kappa shape index (κ3) is 2.73. The fourth-order valence-corrected chi connectivity index (χ4v) is 3.46. The third-order valence-corrected chi connectivity index (χ3v) is 4.62. The highest BCUT2D eigenvalue weighted by Gasteiger charge is 2.19. The van der Waals surface area contributed by atoms with Crippen molar-refractivity contribution in [2.75, 3.05) is 26.7 Å². The number of methoxy groups -OCH3 is 1. The molecule has 2 heterocycles. The van der Waals surface area contributed by atoms with Crippen molar-refractivity contribution in [3.8, 4) is 5.75 Å². The smallest absolute Gasteiger partial charge is 0.120 e. The largest absolute Gasteiger partial charge is 0.497 e. The van der Waals surface area contributed by atoms with Crippen LogP contribution >= 0.6 is 11.3 Å². The van der Waals surface area contributed by atoms with E-state index in [4.69, 9.17) is 9.72 Å². The lowest BCUT2D eigenvalue weighted by Gasteiger charge is -2.33. The minimum absolute atomic E-state index is 0.579. The summed E-state index contributed by atoms with van der Waals surface area (Å²) in [4.78, 5) is 7.21. The van der Waals surface area contributed by atoms with Gasteiger partial charge >= 0.3 is 0 Å². The average Bonchev–Trinajstić information content (AvgIpc) is 2.82. The van der Waals surface area contributed by atoms with Crippen LogP contribution in [0.2, 0.25) is 0 Å². The number of rotatable bonds is 3. The Morgan fingerprint density at radius 3 is 3.21 bits per heavy atom. The Balaban J connectivity index is 1.81. The first-order chi connectivity index (χ1) is 9.26. The van der Waals surface area contributed by atoms with Gasteiger partial charge in [0.05, 0.1) is 23.9 Å². The van der Waals surface area contributed by atoms with E-state index in [1.165, 1.54) is 9.71 Å². The van der Waals surface area contributed by atoms with Gasteiger partial charge in [0.15, 0.2) is 0 Å². The van der Waals surface area contributed by atoms with Gasteiger partial charge in [0.1, 0.15) is 10.8 Å². The van der Waals surface area contributed by atoms with Crippen LogP contribution in [0.25, 0.3) is 10.2 Å². The van der Waals surface area contributed by atoms with Crippen molar-refractivity contribution in [2.45, 2.75) is 19.5 Å². The zero-order chi connectivity index (χ0) is 13.2. The molecule has 1 aliphatic rings. The van der Waals surface area contributed by atoms with Gasteiger partial charge < -0.3 is 10.1 Å². The maximum absolute atomic E-state index is 5.26. The van der Waals surface area contributed by atoms with Crippen LogP contribution in [-0.2, 0) is 6.54 Å². The van der Waals surface area contributed by atoms with Crippen LogP contribution in [-0.4, -0.2) is 42.7 Å². The maximum Gasteiger partial charge on any atom is 0.120 e. The van der Waals surface area contributed by atoms with Gasteiger partial charge in [-0.15, -0.1) is 11.3 Å². The lowest BCUT2D eigenvalue weighted by Crippen LogP contribution is -2.49. The van der Waals surface area contributed by atoms with Crippen molar-refractivity contribution in [2.24, 2.45) is 0 Å². The van der Waals surface area contributed by atoms with Crippen molar-refractivity contribution >= 4 is 21.6 Å². The van der Waals surface area contributed by atoms with E-state index in [0.717, 1.165) is 37.4 Å². The fraction of sp³-hybridized carbons (Fsp3) is 0.500. The number of fused-ring (bicyclic) bond motifs is 1. The zero-order valence-electron chi connectivity index (χ0n) is 11.3. The summed E-state index contributed by atoms with van der Waals surface area (Å²) in [5.41, 5.74) is 1.07. The van der Waals surface area contributed by atoms with E-state index in [2.05, 4.69) is 23.2 Å². The van der Waals surface area contributed by atoms with Crippen LogP contribution in [0.5, 0.6) is 5.75 Å². The summed E-state index contributed by atoms with van der Waals surface area (Å²) >= 11 is 1.77. The van der Waals surface area contributed by atoms with Gasteiger partial charge in [-0.05, 0) is 25.1 Å². The average molecular weight is 277 g/mol. The van der Waals surface area contributed by atoms with E-state index < -0.39 is 0 Å². The van der Waals surface area contributed by atoms with Gasteiger partial charge in [0, 0.05) is 25.7 Å². The van der Waals surface area contributed by atoms with Gasteiger partial charge in [-0.25, -0.2) is 4.98 Å². The molecule has 1 fully saturated rings. The van der Waals surface area contributed by atoms with Gasteiger partial charge in [-0.1, -0.05) is 0 Å². The van der Waals surface area contributed by atoms with Crippen molar-refractivity contribution in [3.63, 3.8) is 0 Å². The Morgan fingerprint density at radius 2 is 2.42 bits per heavy atom. The Bertz CT molecular complexity index is 569. The van der Waals surface area contributed by atoms with Gasteiger partial charge in [0.2, 0.25) is 0 Å². The molecule has 1 aromatic carbocycles. The lowest BCUT2D eigenvalue weighted by molar-refractivity contribution is 0.165. The normalized spacial score (nSPS) is 20.8. The third-order valence-electron chi connectivity index (χ3n) is 3.62. The summed E-state index contributed by atoms with van der Waals surface area (Å²) in [7, 11) is 1.70. The molecule has 19 heavy (non-hydrogen) atoms. The van der Waals surface area contributed by atoms with Crippen LogP contribution in [0.3, 0.4) is 0 Å². The fourth-order valence-electron chi connectivity index (χ4n) is 2.44. The number of thiazole rings is 1. The van der Waals surface area contributed by atoms with E-state index in [9.17, 15) is 0 Å². The Kier molecular flexibility index (Phi) is 3.68. The SMILES string of the molecule is COc1ccc2nc(CN3CCNCC3C)sc2c1. The van der Waals surface area contributed by atoms with Gasteiger partial charge in [0.25, 0.3) is 0 Å². The van der Waals surface area contributed by atoms with Crippen LogP contribution in [0.15, 0.2) is 18.2 Å². The number of benzene rings is 1. The van der Waals surface area contributed by atoms with Crippen molar-refractivity contribution in [3.05, 3.63) is 23.2 Å². The maximum atomic E-state index is 5.26. The summed E-state index contributed by atoms with van der Waals surface area (Å²) in [5, 5.41) is 4.61. The Morgan fingerprint density at radius 1 is 1.53 bits per heavy atom. The minimum atomic E-state index is 0.579. The second-order valence-corrected chi connectivity index (χ2v) is 6.08.